The average molecular weight is 363 g/mol. The van der Waals surface area contributed by atoms with E-state index in [9.17, 15) is 9.59 Å². The number of carbonyl (C=O) groups excluding carboxylic acids is 2. The molecule has 1 N–H and O–H groups in total. The summed E-state index contributed by atoms with van der Waals surface area (Å²) in [5, 5.41) is 4.41. The van der Waals surface area contributed by atoms with Gasteiger partial charge in [-0.1, -0.05) is 36.4 Å². The fraction of sp³-hybridized carbons (Fsp3) is 0.143. The van der Waals surface area contributed by atoms with Gasteiger partial charge in [0.25, 0.3) is 5.91 Å². The van der Waals surface area contributed by atoms with Crippen molar-refractivity contribution in [2.75, 3.05) is 25.1 Å². The number of carbonyl (C=O) groups is 2. The molecule has 0 aromatic heterocycles. The predicted octanol–water partition coefficient (Wildman–Crippen LogP) is 3.41. The van der Waals surface area contributed by atoms with E-state index in [1.807, 2.05) is 30.3 Å². The molecule has 0 fully saturated rings. The second kappa shape index (κ2) is 7.37. The SMILES string of the molecule is O=C(COC(=O)c1cccc2ccccc12)Nc1ccc2c(c1)OCCO2. The van der Waals surface area contributed by atoms with Crippen LogP contribution in [0.25, 0.3) is 10.8 Å². The van der Waals surface area contributed by atoms with Gasteiger partial charge < -0.3 is 19.5 Å². The van der Waals surface area contributed by atoms with Crippen LogP contribution in [0.5, 0.6) is 11.5 Å². The van der Waals surface area contributed by atoms with E-state index in [-0.39, 0.29) is 6.61 Å². The van der Waals surface area contributed by atoms with Crippen LogP contribution in [0.3, 0.4) is 0 Å². The summed E-state index contributed by atoms with van der Waals surface area (Å²) in [6, 6.07) is 18.0. The van der Waals surface area contributed by atoms with Crippen LogP contribution in [-0.4, -0.2) is 31.7 Å². The Kier molecular flexibility index (Phi) is 4.61. The van der Waals surface area contributed by atoms with Crippen molar-refractivity contribution in [3.05, 3.63) is 66.2 Å². The zero-order valence-electron chi connectivity index (χ0n) is 14.4. The van der Waals surface area contributed by atoms with Crippen LogP contribution < -0.4 is 14.8 Å². The minimum absolute atomic E-state index is 0.378. The predicted molar refractivity (Wildman–Crippen MR) is 100 cm³/mol. The fourth-order valence-electron chi connectivity index (χ4n) is 2.93. The number of amides is 1. The molecule has 0 radical (unpaired) electrons. The summed E-state index contributed by atoms with van der Waals surface area (Å²) in [5.41, 5.74) is 0.977. The van der Waals surface area contributed by atoms with Gasteiger partial charge in [-0.25, -0.2) is 4.79 Å². The maximum atomic E-state index is 12.4. The van der Waals surface area contributed by atoms with Crippen LogP contribution in [0, 0.1) is 0 Å². The first-order valence-corrected chi connectivity index (χ1v) is 8.55. The molecule has 27 heavy (non-hydrogen) atoms. The summed E-state index contributed by atoms with van der Waals surface area (Å²) >= 11 is 0. The minimum atomic E-state index is -0.538. The molecule has 1 aliphatic heterocycles. The van der Waals surface area contributed by atoms with Crippen molar-refractivity contribution in [2.24, 2.45) is 0 Å². The first-order chi connectivity index (χ1) is 13.2. The summed E-state index contributed by atoms with van der Waals surface area (Å²) in [5.74, 6) is 0.248. The van der Waals surface area contributed by atoms with E-state index < -0.39 is 11.9 Å². The van der Waals surface area contributed by atoms with Gasteiger partial charge in [-0.15, -0.1) is 0 Å². The topological polar surface area (TPSA) is 73.9 Å². The van der Waals surface area contributed by atoms with E-state index in [1.54, 1.807) is 30.3 Å². The molecular formula is C21H17NO5. The van der Waals surface area contributed by atoms with Crippen molar-refractivity contribution in [3.8, 4) is 11.5 Å². The highest BCUT2D eigenvalue weighted by molar-refractivity contribution is 6.05. The summed E-state index contributed by atoms with van der Waals surface area (Å²) in [6.45, 7) is 0.590. The molecule has 3 aromatic carbocycles. The smallest absolute Gasteiger partial charge is 0.339 e. The van der Waals surface area contributed by atoms with Gasteiger partial charge in [0.05, 0.1) is 5.56 Å². The molecule has 1 heterocycles. The third-order valence-corrected chi connectivity index (χ3v) is 4.17. The molecule has 136 valence electrons. The van der Waals surface area contributed by atoms with Crippen LogP contribution >= 0.6 is 0 Å². The number of hydrogen-bond donors (Lipinski definition) is 1. The summed E-state index contributed by atoms with van der Waals surface area (Å²) in [7, 11) is 0. The van der Waals surface area contributed by atoms with Gasteiger partial charge in [-0.05, 0) is 29.0 Å². The third-order valence-electron chi connectivity index (χ3n) is 4.17. The molecular weight excluding hydrogens is 346 g/mol. The second-order valence-electron chi connectivity index (χ2n) is 6.01. The number of esters is 1. The Labute approximate surface area is 155 Å². The van der Waals surface area contributed by atoms with Gasteiger partial charge in [0.1, 0.15) is 13.2 Å². The molecule has 0 aliphatic carbocycles. The molecule has 1 aliphatic rings. The van der Waals surface area contributed by atoms with Crippen LogP contribution in [0.15, 0.2) is 60.7 Å². The normalized spacial score (nSPS) is 12.4. The molecule has 0 saturated heterocycles. The molecule has 3 aromatic rings. The van der Waals surface area contributed by atoms with E-state index in [2.05, 4.69) is 5.32 Å². The Morgan fingerprint density at radius 1 is 0.926 bits per heavy atom. The fourth-order valence-corrected chi connectivity index (χ4v) is 2.93. The second-order valence-corrected chi connectivity index (χ2v) is 6.01. The van der Waals surface area contributed by atoms with Gasteiger partial charge in [0, 0.05) is 11.8 Å². The number of anilines is 1. The Balaban J connectivity index is 1.39. The lowest BCUT2D eigenvalue weighted by molar-refractivity contribution is -0.119. The van der Waals surface area contributed by atoms with E-state index >= 15 is 0 Å². The molecule has 1 amide bonds. The van der Waals surface area contributed by atoms with Gasteiger partial charge in [0.15, 0.2) is 18.1 Å². The lowest BCUT2D eigenvalue weighted by Gasteiger charge is -2.19. The van der Waals surface area contributed by atoms with Crippen molar-refractivity contribution >= 4 is 28.3 Å². The Bertz CT molecular complexity index is 1010. The van der Waals surface area contributed by atoms with Gasteiger partial charge in [-0.3, -0.25) is 4.79 Å². The highest BCUT2D eigenvalue weighted by Gasteiger charge is 2.15. The highest BCUT2D eigenvalue weighted by Crippen LogP contribution is 2.32. The van der Waals surface area contributed by atoms with Gasteiger partial charge in [0.2, 0.25) is 0 Å². The van der Waals surface area contributed by atoms with Crippen molar-refractivity contribution in [2.45, 2.75) is 0 Å². The standard InChI is InChI=1S/C21H17NO5/c23-20(22-15-8-9-18-19(12-15)26-11-10-25-18)13-27-21(24)17-7-3-5-14-4-1-2-6-16(14)17/h1-9,12H,10-11,13H2,(H,22,23). The lowest BCUT2D eigenvalue weighted by atomic mass is 10.1. The lowest BCUT2D eigenvalue weighted by Crippen LogP contribution is -2.21. The van der Waals surface area contributed by atoms with Crippen molar-refractivity contribution < 1.29 is 23.8 Å². The zero-order chi connectivity index (χ0) is 18.6. The first kappa shape index (κ1) is 16.9. The Morgan fingerprint density at radius 2 is 1.70 bits per heavy atom. The molecule has 0 bridgehead atoms. The molecule has 0 spiro atoms. The van der Waals surface area contributed by atoms with Gasteiger partial charge in [-0.2, -0.15) is 0 Å². The summed E-state index contributed by atoms with van der Waals surface area (Å²) in [6.07, 6.45) is 0. The Morgan fingerprint density at radius 3 is 2.59 bits per heavy atom. The number of hydrogen-bond acceptors (Lipinski definition) is 5. The van der Waals surface area contributed by atoms with E-state index in [1.165, 1.54) is 0 Å². The van der Waals surface area contributed by atoms with Gasteiger partial charge >= 0.3 is 5.97 Å². The maximum absolute atomic E-state index is 12.4. The number of rotatable bonds is 4. The molecule has 0 saturated carbocycles. The van der Waals surface area contributed by atoms with Crippen molar-refractivity contribution in [3.63, 3.8) is 0 Å². The number of nitrogens with one attached hydrogen (secondary N) is 1. The van der Waals surface area contributed by atoms with E-state index in [0.29, 0.717) is 36.0 Å². The summed E-state index contributed by atoms with van der Waals surface area (Å²) < 4.78 is 16.1. The van der Waals surface area contributed by atoms with Crippen LogP contribution in [0.2, 0.25) is 0 Å². The van der Waals surface area contributed by atoms with Crippen molar-refractivity contribution in [1.82, 2.24) is 0 Å². The Hall–Kier alpha value is -3.54. The quantitative estimate of drug-likeness (QED) is 0.719. The number of fused-ring (bicyclic) bond motifs is 2. The number of benzene rings is 3. The summed E-state index contributed by atoms with van der Waals surface area (Å²) in [4.78, 5) is 24.5. The molecule has 0 atom stereocenters. The van der Waals surface area contributed by atoms with Crippen LogP contribution in [-0.2, 0) is 9.53 Å². The zero-order valence-corrected chi connectivity index (χ0v) is 14.4. The first-order valence-electron chi connectivity index (χ1n) is 8.55. The van der Waals surface area contributed by atoms with E-state index in [0.717, 1.165) is 10.8 Å². The van der Waals surface area contributed by atoms with Crippen molar-refractivity contribution in [1.29, 1.82) is 0 Å². The van der Waals surface area contributed by atoms with Crippen LogP contribution in [0.4, 0.5) is 5.69 Å². The minimum Gasteiger partial charge on any atom is -0.486 e. The van der Waals surface area contributed by atoms with Crippen LogP contribution in [0.1, 0.15) is 10.4 Å². The molecule has 0 unspecified atom stereocenters. The average Bonchev–Trinajstić information content (AvgIpc) is 2.71. The molecule has 6 nitrogen and oxygen atoms in total. The molecule has 6 heteroatoms. The largest absolute Gasteiger partial charge is 0.486 e. The maximum Gasteiger partial charge on any atom is 0.339 e. The van der Waals surface area contributed by atoms with E-state index in [4.69, 9.17) is 14.2 Å². The molecule has 4 rings (SSSR count). The third kappa shape index (κ3) is 3.69. The monoisotopic (exact) mass is 363 g/mol. The number of ether oxygens (including phenoxy) is 3. The highest BCUT2D eigenvalue weighted by atomic mass is 16.6.